The van der Waals surface area contributed by atoms with Crippen LogP contribution >= 0.6 is 0 Å². The van der Waals surface area contributed by atoms with Crippen LogP contribution < -0.4 is 14.8 Å². The number of aromatic nitrogens is 2. The van der Waals surface area contributed by atoms with Gasteiger partial charge in [-0.05, 0) is 26.0 Å². The maximum atomic E-state index is 13.9. The summed E-state index contributed by atoms with van der Waals surface area (Å²) in [5, 5.41) is 2.90. The van der Waals surface area contributed by atoms with E-state index in [9.17, 15) is 4.39 Å². The van der Waals surface area contributed by atoms with E-state index in [1.165, 1.54) is 0 Å². The van der Waals surface area contributed by atoms with E-state index in [0.717, 1.165) is 0 Å². The molecule has 2 aromatic rings. The molecule has 0 bridgehead atoms. The van der Waals surface area contributed by atoms with Crippen LogP contribution in [-0.2, 0) is 0 Å². The van der Waals surface area contributed by atoms with E-state index in [1.54, 1.807) is 39.3 Å². The molecular formula is C15H18FN3O2. The summed E-state index contributed by atoms with van der Waals surface area (Å²) in [4.78, 5) is 8.44. The van der Waals surface area contributed by atoms with Crippen molar-refractivity contribution in [1.82, 2.24) is 9.97 Å². The molecule has 1 N–H and O–H groups in total. The second-order valence-electron chi connectivity index (χ2n) is 4.43. The van der Waals surface area contributed by atoms with Gasteiger partial charge in [0.05, 0.1) is 19.9 Å². The molecule has 21 heavy (non-hydrogen) atoms. The average Bonchev–Trinajstić information content (AvgIpc) is 2.51. The Morgan fingerprint density at radius 1 is 1.10 bits per heavy atom. The fourth-order valence-electron chi connectivity index (χ4n) is 1.91. The third-order valence-corrected chi connectivity index (χ3v) is 2.97. The highest BCUT2D eigenvalue weighted by Crippen LogP contribution is 2.29. The summed E-state index contributed by atoms with van der Waals surface area (Å²) < 4.78 is 24.4. The number of methoxy groups -OCH3 is 2. The number of hydrogen-bond donors (Lipinski definition) is 1. The van der Waals surface area contributed by atoms with Gasteiger partial charge in [-0.1, -0.05) is 0 Å². The first kappa shape index (κ1) is 15.0. The van der Waals surface area contributed by atoms with Crippen molar-refractivity contribution in [2.45, 2.75) is 13.8 Å². The molecule has 1 aromatic carbocycles. The van der Waals surface area contributed by atoms with Crippen LogP contribution in [0, 0.1) is 12.7 Å². The number of ether oxygens (including phenoxy) is 2. The predicted octanol–water partition coefficient (Wildman–Crippen LogP) is 3.04. The van der Waals surface area contributed by atoms with Crippen LogP contribution in [-0.4, -0.2) is 30.7 Å². The Bertz CT molecular complexity index is 625. The number of aryl methyl sites for hydroxylation is 1. The Labute approximate surface area is 123 Å². The molecule has 0 unspecified atom stereocenters. The molecule has 0 saturated heterocycles. The zero-order valence-corrected chi connectivity index (χ0v) is 12.5. The van der Waals surface area contributed by atoms with Crippen LogP contribution in [0.15, 0.2) is 18.2 Å². The highest BCUT2D eigenvalue weighted by atomic mass is 19.1. The molecule has 1 aromatic heterocycles. The lowest BCUT2D eigenvalue weighted by atomic mass is 10.2. The third-order valence-electron chi connectivity index (χ3n) is 2.97. The number of benzene rings is 1. The van der Waals surface area contributed by atoms with Gasteiger partial charge in [-0.3, -0.25) is 0 Å². The molecule has 0 radical (unpaired) electrons. The minimum atomic E-state index is -0.435. The molecule has 6 heteroatoms. The molecule has 0 saturated carbocycles. The molecule has 0 aliphatic carbocycles. The first-order chi connectivity index (χ1) is 10.1. The van der Waals surface area contributed by atoms with Crippen LogP contribution in [0.3, 0.4) is 0 Å². The predicted molar refractivity (Wildman–Crippen MR) is 79.4 cm³/mol. The summed E-state index contributed by atoms with van der Waals surface area (Å²) in [5.74, 6) is 1.43. The van der Waals surface area contributed by atoms with Crippen molar-refractivity contribution in [2.75, 3.05) is 26.1 Å². The maximum Gasteiger partial charge on any atom is 0.186 e. The van der Waals surface area contributed by atoms with E-state index in [-0.39, 0.29) is 11.5 Å². The average molecular weight is 291 g/mol. The summed E-state index contributed by atoms with van der Waals surface area (Å²) >= 11 is 0. The molecule has 0 atom stereocenters. The summed E-state index contributed by atoms with van der Waals surface area (Å²) in [6.07, 6.45) is 0. The number of rotatable bonds is 5. The van der Waals surface area contributed by atoms with Crippen molar-refractivity contribution >= 4 is 5.82 Å². The third kappa shape index (κ3) is 3.21. The van der Waals surface area contributed by atoms with E-state index < -0.39 is 5.82 Å². The molecule has 0 aliphatic rings. The molecule has 0 amide bonds. The maximum absolute atomic E-state index is 13.9. The lowest BCUT2D eigenvalue weighted by Gasteiger charge is -2.11. The Kier molecular flexibility index (Phi) is 4.57. The van der Waals surface area contributed by atoms with Crippen molar-refractivity contribution in [3.05, 3.63) is 29.7 Å². The van der Waals surface area contributed by atoms with Gasteiger partial charge in [0, 0.05) is 18.2 Å². The van der Waals surface area contributed by atoms with Crippen LogP contribution in [0.25, 0.3) is 11.4 Å². The van der Waals surface area contributed by atoms with E-state index in [0.29, 0.717) is 29.4 Å². The van der Waals surface area contributed by atoms with E-state index in [1.807, 2.05) is 6.92 Å². The van der Waals surface area contributed by atoms with Crippen molar-refractivity contribution < 1.29 is 13.9 Å². The van der Waals surface area contributed by atoms with Gasteiger partial charge < -0.3 is 14.8 Å². The normalized spacial score (nSPS) is 10.3. The summed E-state index contributed by atoms with van der Waals surface area (Å²) in [7, 11) is 3.14. The van der Waals surface area contributed by atoms with Gasteiger partial charge in [-0.25, -0.2) is 14.4 Å². The molecule has 0 spiro atoms. The first-order valence-electron chi connectivity index (χ1n) is 6.60. The number of nitrogens with zero attached hydrogens (tertiary/aromatic N) is 2. The van der Waals surface area contributed by atoms with E-state index >= 15 is 0 Å². The number of halogens is 1. The molecule has 2 rings (SSSR count). The summed E-state index contributed by atoms with van der Waals surface area (Å²) in [6.45, 7) is 4.07. The van der Waals surface area contributed by atoms with E-state index in [4.69, 9.17) is 9.47 Å². The number of hydrogen-bond acceptors (Lipinski definition) is 5. The van der Waals surface area contributed by atoms with Gasteiger partial charge in [0.2, 0.25) is 0 Å². The highest BCUT2D eigenvalue weighted by molar-refractivity contribution is 5.62. The molecular weight excluding hydrogens is 273 g/mol. The smallest absolute Gasteiger partial charge is 0.186 e. The molecule has 112 valence electrons. The monoisotopic (exact) mass is 291 g/mol. The lowest BCUT2D eigenvalue weighted by Crippen LogP contribution is -2.07. The highest BCUT2D eigenvalue weighted by Gasteiger charge is 2.13. The standard InChI is InChI=1S/C15H18FN3O2/c1-5-17-15-13(16)9(2)18-14(19-15)10-6-11(20-3)8-12(7-10)21-4/h6-8H,5H2,1-4H3,(H,17,18,19). The van der Waals surface area contributed by atoms with Crippen molar-refractivity contribution in [1.29, 1.82) is 0 Å². The Hall–Kier alpha value is -2.37. The fourth-order valence-corrected chi connectivity index (χ4v) is 1.91. The zero-order chi connectivity index (χ0) is 15.4. The SMILES string of the molecule is CCNc1nc(-c2cc(OC)cc(OC)c2)nc(C)c1F. The number of anilines is 1. The van der Waals surface area contributed by atoms with Crippen molar-refractivity contribution in [3.63, 3.8) is 0 Å². The van der Waals surface area contributed by atoms with Gasteiger partial charge in [0.25, 0.3) is 0 Å². The van der Waals surface area contributed by atoms with Crippen molar-refractivity contribution in [3.8, 4) is 22.9 Å². The van der Waals surface area contributed by atoms with Gasteiger partial charge in [-0.2, -0.15) is 0 Å². The van der Waals surface area contributed by atoms with Crippen molar-refractivity contribution in [2.24, 2.45) is 0 Å². The van der Waals surface area contributed by atoms with Crippen LogP contribution in [0.1, 0.15) is 12.6 Å². The minimum absolute atomic E-state index is 0.196. The Morgan fingerprint density at radius 3 is 2.24 bits per heavy atom. The summed E-state index contributed by atoms with van der Waals surface area (Å²) in [5.41, 5.74) is 0.992. The Balaban J connectivity index is 2.55. The van der Waals surface area contributed by atoms with Crippen LogP contribution in [0.5, 0.6) is 11.5 Å². The second kappa shape index (κ2) is 6.39. The fraction of sp³-hybridized carbons (Fsp3) is 0.333. The lowest BCUT2D eigenvalue weighted by molar-refractivity contribution is 0.394. The summed E-state index contributed by atoms with van der Waals surface area (Å²) in [6, 6.07) is 5.32. The second-order valence-corrected chi connectivity index (χ2v) is 4.43. The van der Waals surface area contributed by atoms with Crippen LogP contribution in [0.4, 0.5) is 10.2 Å². The van der Waals surface area contributed by atoms with E-state index in [2.05, 4.69) is 15.3 Å². The van der Waals surface area contributed by atoms with Gasteiger partial charge in [0.1, 0.15) is 11.5 Å². The first-order valence-corrected chi connectivity index (χ1v) is 6.60. The number of nitrogens with one attached hydrogen (secondary N) is 1. The molecule has 5 nitrogen and oxygen atoms in total. The van der Waals surface area contributed by atoms with Gasteiger partial charge >= 0.3 is 0 Å². The molecule has 0 fully saturated rings. The van der Waals surface area contributed by atoms with Crippen LogP contribution in [0.2, 0.25) is 0 Å². The zero-order valence-electron chi connectivity index (χ0n) is 12.5. The minimum Gasteiger partial charge on any atom is -0.497 e. The molecule has 0 aliphatic heterocycles. The topological polar surface area (TPSA) is 56.3 Å². The Morgan fingerprint density at radius 2 is 1.71 bits per heavy atom. The van der Waals surface area contributed by atoms with Gasteiger partial charge in [0.15, 0.2) is 17.5 Å². The quantitative estimate of drug-likeness (QED) is 0.917. The molecule has 1 heterocycles. The van der Waals surface area contributed by atoms with Gasteiger partial charge in [-0.15, -0.1) is 0 Å². The largest absolute Gasteiger partial charge is 0.497 e.